The highest BCUT2D eigenvalue weighted by atomic mass is 16.5. The van der Waals surface area contributed by atoms with Crippen molar-refractivity contribution in [3.8, 4) is 0 Å². The van der Waals surface area contributed by atoms with E-state index in [1.807, 2.05) is 0 Å². The van der Waals surface area contributed by atoms with E-state index < -0.39 is 0 Å². The van der Waals surface area contributed by atoms with E-state index >= 15 is 0 Å². The Morgan fingerprint density at radius 2 is 2.15 bits per heavy atom. The Morgan fingerprint density at radius 1 is 1.25 bits per heavy atom. The van der Waals surface area contributed by atoms with Gasteiger partial charge in [0.2, 0.25) is 0 Å². The van der Waals surface area contributed by atoms with Crippen LogP contribution in [-0.2, 0) is 17.6 Å². The highest BCUT2D eigenvalue weighted by Gasteiger charge is 2.34. The van der Waals surface area contributed by atoms with Crippen LogP contribution in [0, 0.1) is 0 Å². The first-order valence-electron chi connectivity index (χ1n) is 7.79. The molecular formula is C15H21N3O2. The molecule has 1 aromatic heterocycles. The van der Waals surface area contributed by atoms with Crippen LogP contribution in [0.25, 0.3) is 0 Å². The lowest BCUT2D eigenvalue weighted by Crippen LogP contribution is -2.43. The van der Waals surface area contributed by atoms with Gasteiger partial charge in [-0.15, -0.1) is 0 Å². The molecule has 1 aromatic rings. The molecule has 0 radical (unpaired) electrons. The van der Waals surface area contributed by atoms with E-state index in [1.54, 1.807) is 0 Å². The molecule has 5 nitrogen and oxygen atoms in total. The molecule has 2 fully saturated rings. The van der Waals surface area contributed by atoms with Crippen molar-refractivity contribution in [3.05, 3.63) is 27.4 Å². The SMILES string of the molecule is O=c1[nH]c(C2CN3CCCC3CO2)nc2c1CCCC2. The zero-order chi connectivity index (χ0) is 13.5. The molecule has 1 N–H and O–H groups in total. The molecule has 2 aliphatic heterocycles. The van der Waals surface area contributed by atoms with E-state index in [9.17, 15) is 4.79 Å². The summed E-state index contributed by atoms with van der Waals surface area (Å²) < 4.78 is 5.95. The van der Waals surface area contributed by atoms with Crippen LogP contribution < -0.4 is 5.56 Å². The van der Waals surface area contributed by atoms with Gasteiger partial charge in [-0.25, -0.2) is 4.98 Å². The molecule has 108 valence electrons. The Kier molecular flexibility index (Phi) is 3.11. The minimum Gasteiger partial charge on any atom is -0.367 e. The molecule has 1 aliphatic carbocycles. The summed E-state index contributed by atoms with van der Waals surface area (Å²) in [4.78, 5) is 22.3. The maximum atomic E-state index is 12.2. The van der Waals surface area contributed by atoms with E-state index in [1.165, 1.54) is 12.8 Å². The smallest absolute Gasteiger partial charge is 0.254 e. The molecule has 5 heteroatoms. The average molecular weight is 275 g/mol. The molecule has 3 heterocycles. The largest absolute Gasteiger partial charge is 0.367 e. The van der Waals surface area contributed by atoms with Crippen molar-refractivity contribution in [2.75, 3.05) is 19.7 Å². The molecule has 2 atom stereocenters. The third-order valence-corrected chi connectivity index (χ3v) is 4.90. The number of H-pyrrole nitrogens is 1. The normalized spacial score (nSPS) is 30.0. The second kappa shape index (κ2) is 4.97. The summed E-state index contributed by atoms with van der Waals surface area (Å²) >= 11 is 0. The Morgan fingerprint density at radius 3 is 3.10 bits per heavy atom. The van der Waals surface area contributed by atoms with Gasteiger partial charge in [-0.3, -0.25) is 9.69 Å². The highest BCUT2D eigenvalue weighted by molar-refractivity contribution is 5.21. The summed E-state index contributed by atoms with van der Waals surface area (Å²) in [5, 5.41) is 0. The van der Waals surface area contributed by atoms with Crippen LogP contribution in [0.5, 0.6) is 0 Å². The fourth-order valence-corrected chi connectivity index (χ4v) is 3.76. The third kappa shape index (κ3) is 2.09. The van der Waals surface area contributed by atoms with Gasteiger partial charge in [0.05, 0.1) is 12.3 Å². The lowest BCUT2D eigenvalue weighted by molar-refractivity contribution is -0.0543. The number of fused-ring (bicyclic) bond motifs is 2. The fraction of sp³-hybridized carbons (Fsp3) is 0.733. The number of hydrogen-bond acceptors (Lipinski definition) is 4. The predicted molar refractivity (Wildman–Crippen MR) is 74.8 cm³/mol. The molecule has 0 bridgehead atoms. The molecular weight excluding hydrogens is 254 g/mol. The van der Waals surface area contributed by atoms with Crippen LogP contribution in [0.15, 0.2) is 4.79 Å². The monoisotopic (exact) mass is 275 g/mol. The standard InChI is InChI=1S/C15H21N3O2/c19-15-11-5-1-2-6-12(11)16-14(17-15)13-8-18-7-3-4-10(18)9-20-13/h10,13H,1-9H2,(H,16,17,19). The molecule has 2 saturated heterocycles. The van der Waals surface area contributed by atoms with Crippen molar-refractivity contribution in [3.63, 3.8) is 0 Å². The molecule has 4 rings (SSSR count). The van der Waals surface area contributed by atoms with Gasteiger partial charge in [0.15, 0.2) is 0 Å². The van der Waals surface area contributed by atoms with Crippen molar-refractivity contribution in [2.45, 2.75) is 50.7 Å². The summed E-state index contributed by atoms with van der Waals surface area (Å²) in [6, 6.07) is 0.579. The quantitative estimate of drug-likeness (QED) is 0.836. The molecule has 0 amide bonds. The minimum atomic E-state index is -0.0655. The zero-order valence-corrected chi connectivity index (χ0v) is 11.7. The predicted octanol–water partition coefficient (Wildman–Crippen LogP) is 1.18. The van der Waals surface area contributed by atoms with Crippen LogP contribution >= 0.6 is 0 Å². The van der Waals surface area contributed by atoms with Crippen molar-refractivity contribution < 1.29 is 4.74 Å². The van der Waals surface area contributed by atoms with Crippen LogP contribution in [0.3, 0.4) is 0 Å². The Hall–Kier alpha value is -1.20. The maximum Gasteiger partial charge on any atom is 0.254 e. The van der Waals surface area contributed by atoms with Gasteiger partial charge in [-0.1, -0.05) is 0 Å². The Bertz CT molecular complexity index is 569. The average Bonchev–Trinajstić information content (AvgIpc) is 2.94. The van der Waals surface area contributed by atoms with E-state index in [2.05, 4.69) is 9.88 Å². The third-order valence-electron chi connectivity index (χ3n) is 4.90. The lowest BCUT2D eigenvalue weighted by Gasteiger charge is -2.34. The summed E-state index contributed by atoms with van der Waals surface area (Å²) in [5.41, 5.74) is 1.95. The van der Waals surface area contributed by atoms with Crippen LogP contribution in [0.2, 0.25) is 0 Å². The number of morpholine rings is 1. The maximum absolute atomic E-state index is 12.2. The number of aromatic amines is 1. The van der Waals surface area contributed by atoms with E-state index in [-0.39, 0.29) is 11.7 Å². The lowest BCUT2D eigenvalue weighted by atomic mass is 9.97. The molecule has 0 aromatic carbocycles. The number of ether oxygens (including phenoxy) is 1. The van der Waals surface area contributed by atoms with E-state index in [4.69, 9.17) is 9.72 Å². The molecule has 0 saturated carbocycles. The number of nitrogens with zero attached hydrogens (tertiary/aromatic N) is 2. The molecule has 20 heavy (non-hydrogen) atoms. The first-order valence-corrected chi connectivity index (χ1v) is 7.79. The second-order valence-corrected chi connectivity index (χ2v) is 6.20. The van der Waals surface area contributed by atoms with Gasteiger partial charge in [0.25, 0.3) is 5.56 Å². The van der Waals surface area contributed by atoms with Gasteiger partial charge in [-0.05, 0) is 45.1 Å². The number of aryl methyl sites for hydroxylation is 1. The number of nitrogens with one attached hydrogen (secondary N) is 1. The van der Waals surface area contributed by atoms with Gasteiger partial charge >= 0.3 is 0 Å². The van der Waals surface area contributed by atoms with Gasteiger partial charge in [0, 0.05) is 18.2 Å². The topological polar surface area (TPSA) is 58.2 Å². The van der Waals surface area contributed by atoms with Gasteiger partial charge in [0.1, 0.15) is 11.9 Å². The van der Waals surface area contributed by atoms with Crippen LogP contribution in [0.4, 0.5) is 0 Å². The van der Waals surface area contributed by atoms with Crippen molar-refractivity contribution in [1.29, 1.82) is 0 Å². The van der Waals surface area contributed by atoms with Crippen molar-refractivity contribution in [2.24, 2.45) is 0 Å². The van der Waals surface area contributed by atoms with Crippen molar-refractivity contribution >= 4 is 0 Å². The number of aromatic nitrogens is 2. The molecule has 2 unspecified atom stereocenters. The first kappa shape index (κ1) is 12.5. The van der Waals surface area contributed by atoms with Gasteiger partial charge in [-0.2, -0.15) is 0 Å². The highest BCUT2D eigenvalue weighted by Crippen LogP contribution is 2.29. The summed E-state index contributed by atoms with van der Waals surface area (Å²) in [6.45, 7) is 2.79. The summed E-state index contributed by atoms with van der Waals surface area (Å²) in [7, 11) is 0. The summed E-state index contributed by atoms with van der Waals surface area (Å²) in [6.07, 6.45) is 6.48. The fourth-order valence-electron chi connectivity index (χ4n) is 3.76. The number of rotatable bonds is 1. The molecule has 0 spiro atoms. The summed E-state index contributed by atoms with van der Waals surface area (Å²) in [5.74, 6) is 0.737. The first-order chi connectivity index (χ1) is 9.81. The minimum absolute atomic E-state index is 0.0526. The second-order valence-electron chi connectivity index (χ2n) is 6.20. The van der Waals surface area contributed by atoms with E-state index in [0.717, 1.165) is 62.5 Å². The van der Waals surface area contributed by atoms with Gasteiger partial charge < -0.3 is 9.72 Å². The Labute approximate surface area is 118 Å². The zero-order valence-electron chi connectivity index (χ0n) is 11.7. The van der Waals surface area contributed by atoms with Crippen molar-refractivity contribution in [1.82, 2.24) is 14.9 Å². The Balaban J connectivity index is 1.62. The molecule has 3 aliphatic rings. The van der Waals surface area contributed by atoms with Crippen LogP contribution in [-0.4, -0.2) is 40.6 Å². The number of hydrogen-bond donors (Lipinski definition) is 1. The van der Waals surface area contributed by atoms with E-state index in [0.29, 0.717) is 6.04 Å². The van der Waals surface area contributed by atoms with Crippen LogP contribution in [0.1, 0.15) is 48.9 Å².